The van der Waals surface area contributed by atoms with Crippen molar-refractivity contribution in [1.82, 2.24) is 0 Å². The summed E-state index contributed by atoms with van der Waals surface area (Å²) in [6.45, 7) is 0. The van der Waals surface area contributed by atoms with Crippen molar-refractivity contribution >= 4 is 66.9 Å². The second-order valence-electron chi connectivity index (χ2n) is 10.5. The first-order chi connectivity index (χ1) is 21.9. The van der Waals surface area contributed by atoms with E-state index in [1.54, 1.807) is 65.6 Å². The van der Waals surface area contributed by atoms with Gasteiger partial charge >= 0.3 is 0 Å². The summed E-state index contributed by atoms with van der Waals surface area (Å²) in [4.78, 5) is 16.4. The molecule has 0 bridgehead atoms. The average Bonchev–Trinajstić information content (AvgIpc) is 3.06. The molecule has 0 saturated carbocycles. The number of hydrogen-bond acceptors (Lipinski definition) is 5. The fourth-order valence-corrected chi connectivity index (χ4v) is 7.13. The fraction of sp³-hybridized carbons (Fsp3) is 0.0270. The van der Waals surface area contributed by atoms with E-state index in [-0.39, 0.29) is 17.0 Å². The number of ether oxygens (including phenoxy) is 1. The zero-order valence-corrected chi connectivity index (χ0v) is 25.9. The standard InChI is InChI=1S/C37H24Cl2N2O3S/c38-24-13-11-22(12-14-24)31-32(34(42)23-7-3-1-4-8-23)36(40)41(26-9-5-2-6-10-26)37-33(31)35(43)29-20-19-28(21-30(29)45-37)44-27-17-15-25(39)16-18-27/h1-21,31,40,42H/b34-32+,40-36?/t31-/m1/s1. The van der Waals surface area contributed by atoms with Gasteiger partial charge in [0.05, 0.1) is 0 Å². The maximum Gasteiger partial charge on any atom is 0.194 e. The van der Waals surface area contributed by atoms with E-state index in [9.17, 15) is 15.3 Å². The van der Waals surface area contributed by atoms with Crippen LogP contribution in [0.1, 0.15) is 22.6 Å². The van der Waals surface area contributed by atoms with Gasteiger partial charge in [-0.05, 0) is 72.3 Å². The zero-order valence-electron chi connectivity index (χ0n) is 23.6. The Morgan fingerprint density at radius 2 is 1.38 bits per heavy atom. The lowest BCUT2D eigenvalue weighted by Gasteiger charge is -2.37. The van der Waals surface area contributed by atoms with Gasteiger partial charge in [-0.2, -0.15) is 0 Å². The van der Waals surface area contributed by atoms with Crippen LogP contribution in [0.25, 0.3) is 15.8 Å². The molecule has 5 aromatic carbocycles. The molecule has 0 fully saturated rings. The number of amidine groups is 1. The third kappa shape index (κ3) is 5.38. The van der Waals surface area contributed by atoms with Gasteiger partial charge in [0.1, 0.15) is 28.1 Å². The molecule has 0 unspecified atom stereocenters. The third-order valence-corrected chi connectivity index (χ3v) is 9.37. The molecule has 0 aliphatic carbocycles. The van der Waals surface area contributed by atoms with Crippen LogP contribution >= 0.6 is 34.5 Å². The second-order valence-corrected chi connectivity index (χ2v) is 12.4. The lowest BCUT2D eigenvalue weighted by Crippen LogP contribution is -2.38. The van der Waals surface area contributed by atoms with Crippen LogP contribution in [-0.2, 0) is 0 Å². The number of nitrogens with zero attached hydrogens (tertiary/aromatic N) is 1. The molecule has 6 aromatic rings. The average molecular weight is 648 g/mol. The molecule has 1 aliphatic rings. The van der Waals surface area contributed by atoms with Crippen molar-refractivity contribution in [3.05, 3.63) is 170 Å². The molecule has 1 aromatic heterocycles. The maximum absolute atomic E-state index is 14.6. The van der Waals surface area contributed by atoms with Gasteiger partial charge in [0.15, 0.2) is 5.43 Å². The van der Waals surface area contributed by atoms with Gasteiger partial charge in [-0.3, -0.25) is 15.1 Å². The van der Waals surface area contributed by atoms with E-state index in [0.29, 0.717) is 59.0 Å². The third-order valence-electron chi connectivity index (χ3n) is 7.71. The highest BCUT2D eigenvalue weighted by atomic mass is 35.5. The first-order valence-corrected chi connectivity index (χ1v) is 15.7. The summed E-state index contributed by atoms with van der Waals surface area (Å²) < 4.78 is 6.80. The van der Waals surface area contributed by atoms with Crippen molar-refractivity contribution in [3.63, 3.8) is 0 Å². The summed E-state index contributed by atoms with van der Waals surface area (Å²) in [7, 11) is 0. The molecule has 45 heavy (non-hydrogen) atoms. The highest BCUT2D eigenvalue weighted by Crippen LogP contribution is 2.50. The molecular weight excluding hydrogens is 623 g/mol. The Hall–Kier alpha value is -4.88. The van der Waals surface area contributed by atoms with E-state index < -0.39 is 5.92 Å². The molecule has 0 spiro atoms. The maximum atomic E-state index is 14.6. The van der Waals surface area contributed by atoms with Crippen LogP contribution in [0.2, 0.25) is 10.0 Å². The topological polar surface area (TPSA) is 73.6 Å². The largest absolute Gasteiger partial charge is 0.507 e. The van der Waals surface area contributed by atoms with Crippen molar-refractivity contribution in [2.45, 2.75) is 5.92 Å². The predicted octanol–water partition coefficient (Wildman–Crippen LogP) is 10.6. The van der Waals surface area contributed by atoms with E-state index in [4.69, 9.17) is 27.9 Å². The van der Waals surface area contributed by atoms with Gasteiger partial charge < -0.3 is 9.84 Å². The molecule has 0 saturated heterocycles. The number of fused-ring (bicyclic) bond motifs is 2. The number of aliphatic hydroxyl groups is 1. The summed E-state index contributed by atoms with van der Waals surface area (Å²) >= 11 is 13.7. The minimum atomic E-state index is -0.733. The number of nitrogens with one attached hydrogen (secondary N) is 1. The highest BCUT2D eigenvalue weighted by molar-refractivity contribution is 7.22. The van der Waals surface area contributed by atoms with E-state index in [0.717, 1.165) is 5.56 Å². The molecule has 1 aliphatic heterocycles. The predicted molar refractivity (Wildman–Crippen MR) is 185 cm³/mol. The summed E-state index contributed by atoms with van der Waals surface area (Å²) in [6.07, 6.45) is 0. The molecule has 5 nitrogen and oxygen atoms in total. The monoisotopic (exact) mass is 646 g/mol. The van der Waals surface area contributed by atoms with Crippen molar-refractivity contribution in [3.8, 4) is 11.5 Å². The van der Waals surface area contributed by atoms with Gasteiger partial charge in [-0.1, -0.05) is 83.9 Å². The summed E-state index contributed by atoms with van der Waals surface area (Å²) in [5, 5.41) is 23.7. The lowest BCUT2D eigenvalue weighted by molar-refractivity contribution is 0.483. The SMILES string of the molecule is N=C1/C(=C(/O)c2ccccc2)[C@@H](c2ccc(Cl)cc2)c2c(sc3cc(Oc4ccc(Cl)cc4)ccc3c2=O)N1c1ccccc1. The first kappa shape index (κ1) is 28.9. The molecule has 0 radical (unpaired) electrons. The molecule has 7 rings (SSSR count). The number of hydrogen-bond donors (Lipinski definition) is 2. The molecule has 220 valence electrons. The van der Waals surface area contributed by atoms with Crippen LogP contribution < -0.4 is 15.1 Å². The molecular formula is C37H24Cl2N2O3S. The Bertz CT molecular complexity index is 2150. The summed E-state index contributed by atoms with van der Waals surface area (Å²) in [5.41, 5.74) is 2.59. The number of benzene rings is 5. The van der Waals surface area contributed by atoms with Crippen molar-refractivity contribution < 1.29 is 9.84 Å². The van der Waals surface area contributed by atoms with Crippen molar-refractivity contribution in [2.75, 3.05) is 4.90 Å². The molecule has 2 heterocycles. The van der Waals surface area contributed by atoms with Crippen LogP contribution in [-0.4, -0.2) is 10.9 Å². The molecule has 1 atom stereocenters. The summed E-state index contributed by atoms with van der Waals surface area (Å²) in [5.74, 6) is 0.449. The van der Waals surface area contributed by atoms with Crippen LogP contribution in [0.5, 0.6) is 11.5 Å². The number of anilines is 2. The van der Waals surface area contributed by atoms with E-state index in [2.05, 4.69) is 0 Å². The van der Waals surface area contributed by atoms with Crippen LogP contribution in [0.4, 0.5) is 10.7 Å². The number of para-hydroxylation sites is 1. The Morgan fingerprint density at radius 1 is 0.778 bits per heavy atom. The van der Waals surface area contributed by atoms with Crippen LogP contribution in [0, 0.1) is 5.41 Å². The Labute approximate surface area is 273 Å². The van der Waals surface area contributed by atoms with Gasteiger partial charge in [0, 0.05) is 48.4 Å². The second kappa shape index (κ2) is 11.9. The minimum Gasteiger partial charge on any atom is -0.507 e. The van der Waals surface area contributed by atoms with E-state index in [1.807, 2.05) is 66.7 Å². The van der Waals surface area contributed by atoms with Crippen LogP contribution in [0.15, 0.2) is 138 Å². The number of aliphatic hydroxyl groups excluding tert-OH is 1. The minimum absolute atomic E-state index is 0.0664. The van der Waals surface area contributed by atoms with E-state index >= 15 is 0 Å². The van der Waals surface area contributed by atoms with Gasteiger partial charge in [-0.15, -0.1) is 11.3 Å². The Balaban J connectivity index is 1.51. The van der Waals surface area contributed by atoms with E-state index in [1.165, 1.54) is 11.3 Å². The smallest absolute Gasteiger partial charge is 0.194 e. The normalized spacial score (nSPS) is 15.6. The molecule has 2 N–H and O–H groups in total. The summed E-state index contributed by atoms with van der Waals surface area (Å²) in [6, 6.07) is 38.2. The van der Waals surface area contributed by atoms with Gasteiger partial charge in [0.2, 0.25) is 0 Å². The quantitative estimate of drug-likeness (QED) is 0.183. The van der Waals surface area contributed by atoms with Gasteiger partial charge in [0.25, 0.3) is 0 Å². The van der Waals surface area contributed by atoms with Crippen LogP contribution in [0.3, 0.4) is 0 Å². The lowest BCUT2D eigenvalue weighted by atomic mass is 9.80. The van der Waals surface area contributed by atoms with Crippen molar-refractivity contribution in [1.29, 1.82) is 5.41 Å². The van der Waals surface area contributed by atoms with Crippen molar-refractivity contribution in [2.24, 2.45) is 0 Å². The highest BCUT2D eigenvalue weighted by Gasteiger charge is 2.40. The molecule has 8 heteroatoms. The Morgan fingerprint density at radius 3 is 2.04 bits per heavy atom. The van der Waals surface area contributed by atoms with Gasteiger partial charge in [-0.25, -0.2) is 0 Å². The molecule has 0 amide bonds. The zero-order chi connectivity index (χ0) is 31.1. The number of rotatable bonds is 5. The number of halogens is 2. The fourth-order valence-electron chi connectivity index (χ4n) is 5.61. The first-order valence-electron chi connectivity index (χ1n) is 14.1. The Kier molecular flexibility index (Phi) is 7.63.